The van der Waals surface area contributed by atoms with Gasteiger partial charge < -0.3 is 15.8 Å². The number of ketones is 1. The quantitative estimate of drug-likeness (QED) is 0.532. The molecule has 0 aliphatic rings. The second-order valence-electron chi connectivity index (χ2n) is 4.87. The molecule has 1 atom stereocenters. The first-order valence-electron chi connectivity index (χ1n) is 6.61. The average molecular weight is 307 g/mol. The van der Waals surface area contributed by atoms with Crippen molar-refractivity contribution in [2.45, 2.75) is 32.2 Å². The van der Waals surface area contributed by atoms with Crippen LogP contribution in [0.4, 0.5) is 5.69 Å². The van der Waals surface area contributed by atoms with Gasteiger partial charge >= 0.3 is 0 Å². The number of nitrogens with zero attached hydrogens (tertiary/aromatic N) is 1. The van der Waals surface area contributed by atoms with Crippen LogP contribution in [0.1, 0.15) is 25.3 Å². The number of hydrogen-bond donors (Lipinski definition) is 2. The molecule has 0 aliphatic carbocycles. The molecular weight excluding hydrogens is 290 g/mol. The predicted octanol–water partition coefficient (Wildman–Crippen LogP) is 0.477. The van der Waals surface area contributed by atoms with Crippen molar-refractivity contribution in [3.05, 3.63) is 39.9 Å². The lowest BCUT2D eigenvalue weighted by Gasteiger charge is -2.14. The van der Waals surface area contributed by atoms with Crippen LogP contribution in [-0.4, -0.2) is 28.6 Å². The van der Waals surface area contributed by atoms with Crippen LogP contribution < -0.4 is 11.1 Å². The van der Waals surface area contributed by atoms with Gasteiger partial charge in [0.05, 0.1) is 11.3 Å². The summed E-state index contributed by atoms with van der Waals surface area (Å²) in [6, 6.07) is 4.72. The van der Waals surface area contributed by atoms with Gasteiger partial charge in [-0.25, -0.2) is 0 Å². The van der Waals surface area contributed by atoms with Gasteiger partial charge in [0.2, 0.25) is 11.8 Å². The molecule has 0 spiro atoms. The topological polar surface area (TPSA) is 132 Å². The second-order valence-corrected chi connectivity index (χ2v) is 4.87. The van der Waals surface area contributed by atoms with Crippen molar-refractivity contribution in [3.63, 3.8) is 0 Å². The Balaban J connectivity index is 2.67. The molecule has 0 saturated carbocycles. The van der Waals surface area contributed by atoms with Gasteiger partial charge in [-0.2, -0.15) is 0 Å². The van der Waals surface area contributed by atoms with Crippen LogP contribution in [0.25, 0.3) is 0 Å². The minimum Gasteiger partial charge on any atom is -0.368 e. The zero-order chi connectivity index (χ0) is 16.7. The van der Waals surface area contributed by atoms with E-state index in [1.54, 1.807) is 6.07 Å². The number of benzene rings is 1. The highest BCUT2D eigenvalue weighted by atomic mass is 16.6. The van der Waals surface area contributed by atoms with Crippen LogP contribution in [0.2, 0.25) is 0 Å². The Bertz CT molecular complexity index is 600. The molecule has 118 valence electrons. The number of primary amides is 1. The molecule has 22 heavy (non-hydrogen) atoms. The van der Waals surface area contributed by atoms with Gasteiger partial charge in [0.25, 0.3) is 5.69 Å². The summed E-state index contributed by atoms with van der Waals surface area (Å²) in [6.45, 7) is 1.38. The first-order chi connectivity index (χ1) is 10.3. The van der Waals surface area contributed by atoms with Crippen LogP contribution in [0.15, 0.2) is 24.3 Å². The number of nitrogens with two attached hydrogens (primary N) is 1. The molecule has 0 fully saturated rings. The van der Waals surface area contributed by atoms with Crippen LogP contribution >= 0.6 is 0 Å². The van der Waals surface area contributed by atoms with E-state index in [2.05, 4.69) is 5.32 Å². The molecule has 0 saturated heterocycles. The Hall–Kier alpha value is -2.77. The fraction of sp³-hybridized carbons (Fsp3) is 0.357. The molecule has 1 aromatic carbocycles. The normalized spacial score (nSPS) is 11.5. The Labute approximate surface area is 126 Å². The van der Waals surface area contributed by atoms with E-state index >= 15 is 0 Å². The summed E-state index contributed by atoms with van der Waals surface area (Å²) >= 11 is 0. The van der Waals surface area contributed by atoms with Crippen molar-refractivity contribution in [1.82, 2.24) is 5.32 Å². The summed E-state index contributed by atoms with van der Waals surface area (Å²) in [7, 11) is 0. The molecule has 0 heterocycles. The number of nitrogens with one attached hydrogen (secondary N) is 1. The summed E-state index contributed by atoms with van der Waals surface area (Å²) in [5.41, 5.74) is 5.50. The number of nitro benzene ring substituents is 1. The summed E-state index contributed by atoms with van der Waals surface area (Å²) in [5, 5.41) is 13.1. The maximum atomic E-state index is 11.9. The molecule has 2 amide bonds. The lowest BCUT2D eigenvalue weighted by atomic mass is 10.1. The second kappa shape index (κ2) is 7.87. The SMILES string of the molecule is CC(=O)CC[C@H](NC(=O)Cc1cccc([N+](=O)[O-])c1)C(N)=O. The fourth-order valence-corrected chi connectivity index (χ4v) is 1.84. The van der Waals surface area contributed by atoms with E-state index in [-0.39, 0.29) is 30.7 Å². The zero-order valence-electron chi connectivity index (χ0n) is 12.1. The first-order valence-corrected chi connectivity index (χ1v) is 6.61. The third kappa shape index (κ3) is 5.70. The number of carbonyl (C=O) groups excluding carboxylic acids is 3. The van der Waals surface area contributed by atoms with E-state index in [1.165, 1.54) is 25.1 Å². The van der Waals surface area contributed by atoms with E-state index in [1.807, 2.05) is 0 Å². The van der Waals surface area contributed by atoms with Crippen LogP contribution in [0.3, 0.4) is 0 Å². The monoisotopic (exact) mass is 307 g/mol. The third-order valence-corrected chi connectivity index (χ3v) is 2.95. The number of rotatable bonds is 8. The molecule has 1 aromatic rings. The van der Waals surface area contributed by atoms with Gasteiger partial charge in [-0.3, -0.25) is 19.7 Å². The van der Waals surface area contributed by atoms with Crippen molar-refractivity contribution in [2.24, 2.45) is 5.73 Å². The molecule has 0 unspecified atom stereocenters. The predicted molar refractivity (Wildman–Crippen MR) is 77.8 cm³/mol. The minimum atomic E-state index is -0.935. The molecule has 8 nitrogen and oxygen atoms in total. The van der Waals surface area contributed by atoms with Crippen molar-refractivity contribution in [3.8, 4) is 0 Å². The average Bonchev–Trinajstić information content (AvgIpc) is 2.43. The Kier molecular flexibility index (Phi) is 6.18. The van der Waals surface area contributed by atoms with Crippen LogP contribution in [-0.2, 0) is 20.8 Å². The molecule has 0 bridgehead atoms. The van der Waals surface area contributed by atoms with Gasteiger partial charge in [-0.15, -0.1) is 0 Å². The first kappa shape index (κ1) is 17.3. The zero-order valence-corrected chi connectivity index (χ0v) is 12.1. The largest absolute Gasteiger partial charge is 0.368 e. The molecule has 3 N–H and O–H groups in total. The Morgan fingerprint density at radius 3 is 2.59 bits per heavy atom. The van der Waals surface area contributed by atoms with Gasteiger partial charge in [-0.05, 0) is 18.9 Å². The number of non-ortho nitro benzene ring substituents is 1. The lowest BCUT2D eigenvalue weighted by Crippen LogP contribution is -2.45. The van der Waals surface area contributed by atoms with Crippen LogP contribution in [0.5, 0.6) is 0 Å². The number of carbonyl (C=O) groups is 3. The minimum absolute atomic E-state index is 0.112. The van der Waals surface area contributed by atoms with E-state index in [9.17, 15) is 24.5 Å². The van der Waals surface area contributed by atoms with E-state index in [0.717, 1.165) is 0 Å². The third-order valence-electron chi connectivity index (χ3n) is 2.95. The van der Waals surface area contributed by atoms with E-state index < -0.39 is 22.8 Å². The number of hydrogen-bond acceptors (Lipinski definition) is 5. The van der Waals surface area contributed by atoms with Gasteiger partial charge in [0, 0.05) is 18.6 Å². The van der Waals surface area contributed by atoms with Gasteiger partial charge in [0.15, 0.2) is 0 Å². The summed E-state index contributed by atoms with van der Waals surface area (Å²) in [6.07, 6.45) is 0.140. The van der Waals surface area contributed by atoms with Crippen LogP contribution in [0, 0.1) is 10.1 Å². The van der Waals surface area contributed by atoms with Gasteiger partial charge in [0.1, 0.15) is 11.8 Å². The van der Waals surface area contributed by atoms with Crippen molar-refractivity contribution < 1.29 is 19.3 Å². The molecule has 0 radical (unpaired) electrons. The summed E-state index contributed by atoms with van der Waals surface area (Å²) in [5.74, 6) is -1.33. The molecule has 8 heteroatoms. The number of amides is 2. The van der Waals surface area contributed by atoms with Gasteiger partial charge in [-0.1, -0.05) is 12.1 Å². The highest BCUT2D eigenvalue weighted by Crippen LogP contribution is 2.13. The van der Waals surface area contributed by atoms with E-state index in [0.29, 0.717) is 5.56 Å². The van der Waals surface area contributed by atoms with Crippen molar-refractivity contribution >= 4 is 23.3 Å². The van der Waals surface area contributed by atoms with Crippen molar-refractivity contribution in [1.29, 1.82) is 0 Å². The summed E-state index contributed by atoms with van der Waals surface area (Å²) < 4.78 is 0. The Morgan fingerprint density at radius 2 is 2.05 bits per heavy atom. The molecule has 0 aliphatic heterocycles. The highest BCUT2D eigenvalue weighted by molar-refractivity contribution is 5.88. The Morgan fingerprint density at radius 1 is 1.36 bits per heavy atom. The smallest absolute Gasteiger partial charge is 0.269 e. The lowest BCUT2D eigenvalue weighted by molar-refractivity contribution is -0.384. The molecular formula is C14H17N3O5. The molecule has 1 rings (SSSR count). The standard InChI is InChI=1S/C14H17N3O5/c1-9(18)5-6-12(14(15)20)16-13(19)8-10-3-2-4-11(7-10)17(21)22/h2-4,7,12H,5-6,8H2,1H3,(H2,15,20)(H,16,19)/t12-/m0/s1. The number of Topliss-reactive ketones (excluding diaryl/α,β-unsaturated/α-hetero) is 1. The maximum Gasteiger partial charge on any atom is 0.269 e. The fourth-order valence-electron chi connectivity index (χ4n) is 1.84. The molecule has 0 aromatic heterocycles. The maximum absolute atomic E-state index is 11.9. The highest BCUT2D eigenvalue weighted by Gasteiger charge is 2.19. The van der Waals surface area contributed by atoms with E-state index in [4.69, 9.17) is 5.73 Å². The van der Waals surface area contributed by atoms with Crippen molar-refractivity contribution in [2.75, 3.05) is 0 Å². The summed E-state index contributed by atoms with van der Waals surface area (Å²) in [4.78, 5) is 44.2. The number of nitro groups is 1.